The summed E-state index contributed by atoms with van der Waals surface area (Å²) in [6, 6.07) is 18.0. The average molecular weight is 304 g/mol. The van der Waals surface area contributed by atoms with Crippen molar-refractivity contribution < 1.29 is 0 Å². The van der Waals surface area contributed by atoms with Gasteiger partial charge in [0.15, 0.2) is 0 Å². The summed E-state index contributed by atoms with van der Waals surface area (Å²) >= 11 is 5.30. The Hall–Kier alpha value is -1.24. The third-order valence-corrected chi connectivity index (χ3v) is 4.17. The van der Waals surface area contributed by atoms with E-state index >= 15 is 0 Å². The third kappa shape index (κ3) is 3.36. The van der Waals surface area contributed by atoms with Crippen LogP contribution in [0.25, 0.3) is 0 Å². The molecule has 0 atom stereocenters. The van der Waals surface area contributed by atoms with Gasteiger partial charge >= 0.3 is 0 Å². The molecule has 0 bridgehead atoms. The van der Waals surface area contributed by atoms with Gasteiger partial charge in [0.05, 0.1) is 11.6 Å². The SMILES string of the molecule is N#Cc1ccc(SCc2ccccc2Br)cc1. The van der Waals surface area contributed by atoms with Crippen LogP contribution in [-0.2, 0) is 5.75 Å². The fourth-order valence-electron chi connectivity index (χ4n) is 1.40. The van der Waals surface area contributed by atoms with Crippen LogP contribution in [0.1, 0.15) is 11.1 Å². The van der Waals surface area contributed by atoms with Crippen molar-refractivity contribution in [2.75, 3.05) is 0 Å². The van der Waals surface area contributed by atoms with E-state index in [2.05, 4.69) is 34.1 Å². The summed E-state index contributed by atoms with van der Waals surface area (Å²) in [4.78, 5) is 1.18. The lowest BCUT2D eigenvalue weighted by molar-refractivity contribution is 1.35. The maximum Gasteiger partial charge on any atom is 0.0991 e. The first-order valence-electron chi connectivity index (χ1n) is 5.16. The molecule has 0 fully saturated rings. The van der Waals surface area contributed by atoms with Gasteiger partial charge in [0, 0.05) is 15.1 Å². The summed E-state index contributed by atoms with van der Waals surface area (Å²) in [6.45, 7) is 0. The lowest BCUT2D eigenvalue weighted by Gasteiger charge is -2.04. The van der Waals surface area contributed by atoms with E-state index in [9.17, 15) is 0 Å². The van der Waals surface area contributed by atoms with Gasteiger partial charge in [-0.1, -0.05) is 34.1 Å². The Morgan fingerprint density at radius 3 is 2.41 bits per heavy atom. The Balaban J connectivity index is 2.03. The van der Waals surface area contributed by atoms with E-state index in [1.54, 1.807) is 11.8 Å². The maximum absolute atomic E-state index is 8.71. The van der Waals surface area contributed by atoms with Crippen LogP contribution >= 0.6 is 27.7 Å². The number of halogens is 1. The van der Waals surface area contributed by atoms with Gasteiger partial charge in [-0.15, -0.1) is 11.8 Å². The van der Waals surface area contributed by atoms with E-state index in [4.69, 9.17) is 5.26 Å². The van der Waals surface area contributed by atoms with Crippen LogP contribution < -0.4 is 0 Å². The fourth-order valence-corrected chi connectivity index (χ4v) is 2.92. The van der Waals surface area contributed by atoms with Gasteiger partial charge in [0.25, 0.3) is 0 Å². The highest BCUT2D eigenvalue weighted by molar-refractivity contribution is 9.10. The molecule has 84 valence electrons. The Bertz CT molecular complexity index is 543. The van der Waals surface area contributed by atoms with Crippen molar-refractivity contribution in [1.82, 2.24) is 0 Å². The van der Waals surface area contributed by atoms with Crippen molar-refractivity contribution >= 4 is 27.7 Å². The Labute approximate surface area is 114 Å². The first-order valence-corrected chi connectivity index (χ1v) is 6.94. The average Bonchev–Trinajstić information content (AvgIpc) is 2.38. The van der Waals surface area contributed by atoms with Gasteiger partial charge in [-0.05, 0) is 35.9 Å². The Morgan fingerprint density at radius 2 is 1.76 bits per heavy atom. The second-order valence-electron chi connectivity index (χ2n) is 3.52. The van der Waals surface area contributed by atoms with E-state index < -0.39 is 0 Å². The molecule has 2 aromatic rings. The molecule has 0 aliphatic heterocycles. The summed E-state index contributed by atoms with van der Waals surface area (Å²) < 4.78 is 1.14. The number of rotatable bonds is 3. The zero-order valence-corrected chi connectivity index (χ0v) is 11.5. The largest absolute Gasteiger partial charge is 0.192 e. The van der Waals surface area contributed by atoms with E-state index in [-0.39, 0.29) is 0 Å². The van der Waals surface area contributed by atoms with Gasteiger partial charge in [-0.3, -0.25) is 0 Å². The first-order chi connectivity index (χ1) is 8.29. The minimum absolute atomic E-state index is 0.704. The molecule has 17 heavy (non-hydrogen) atoms. The van der Waals surface area contributed by atoms with Crippen LogP contribution in [0.4, 0.5) is 0 Å². The van der Waals surface area contributed by atoms with Gasteiger partial charge in [-0.2, -0.15) is 5.26 Å². The number of hydrogen-bond acceptors (Lipinski definition) is 2. The van der Waals surface area contributed by atoms with Crippen molar-refractivity contribution in [1.29, 1.82) is 5.26 Å². The highest BCUT2D eigenvalue weighted by Gasteiger charge is 2.00. The lowest BCUT2D eigenvalue weighted by atomic mass is 10.2. The predicted molar refractivity (Wildman–Crippen MR) is 74.9 cm³/mol. The molecule has 1 nitrogen and oxygen atoms in total. The minimum Gasteiger partial charge on any atom is -0.192 e. The lowest BCUT2D eigenvalue weighted by Crippen LogP contribution is -1.82. The van der Waals surface area contributed by atoms with Gasteiger partial charge < -0.3 is 0 Å². The molecule has 0 aromatic heterocycles. The molecular weight excluding hydrogens is 294 g/mol. The number of thioether (sulfide) groups is 1. The summed E-state index contributed by atoms with van der Waals surface area (Å²) in [7, 11) is 0. The number of benzene rings is 2. The molecule has 0 spiro atoms. The molecule has 0 heterocycles. The Kier molecular flexibility index (Phi) is 4.24. The summed E-state index contributed by atoms with van der Waals surface area (Å²) in [5.41, 5.74) is 1.98. The van der Waals surface area contributed by atoms with Crippen LogP contribution in [0, 0.1) is 11.3 Å². The first kappa shape index (κ1) is 12.2. The van der Waals surface area contributed by atoms with Crippen LogP contribution in [0.15, 0.2) is 57.9 Å². The van der Waals surface area contributed by atoms with Gasteiger partial charge in [-0.25, -0.2) is 0 Å². The van der Waals surface area contributed by atoms with E-state index in [0.29, 0.717) is 5.56 Å². The van der Waals surface area contributed by atoms with E-state index in [0.717, 1.165) is 10.2 Å². The molecule has 0 amide bonds. The molecular formula is C14H10BrNS. The molecule has 0 radical (unpaired) electrons. The summed E-state index contributed by atoms with van der Waals surface area (Å²) in [6.07, 6.45) is 0. The van der Waals surface area contributed by atoms with Crippen LogP contribution in [0.3, 0.4) is 0 Å². The Morgan fingerprint density at radius 1 is 1.06 bits per heavy atom. The molecule has 2 aromatic carbocycles. The molecule has 0 unspecified atom stereocenters. The zero-order chi connectivity index (χ0) is 12.1. The normalized spacial score (nSPS) is 9.88. The van der Waals surface area contributed by atoms with Crippen molar-refractivity contribution in [2.45, 2.75) is 10.6 Å². The second-order valence-corrected chi connectivity index (χ2v) is 5.42. The molecule has 0 saturated carbocycles. The standard InChI is InChI=1S/C14H10BrNS/c15-14-4-2-1-3-12(14)10-17-13-7-5-11(9-16)6-8-13/h1-8H,10H2. The molecule has 0 aliphatic carbocycles. The fraction of sp³-hybridized carbons (Fsp3) is 0.0714. The summed E-state index contributed by atoms with van der Waals surface area (Å²) in [5, 5.41) is 8.71. The second kappa shape index (κ2) is 5.90. The highest BCUT2D eigenvalue weighted by atomic mass is 79.9. The van der Waals surface area contributed by atoms with Gasteiger partial charge in [0.1, 0.15) is 0 Å². The van der Waals surface area contributed by atoms with Crippen LogP contribution in [0.2, 0.25) is 0 Å². The minimum atomic E-state index is 0.704. The van der Waals surface area contributed by atoms with E-state index in [1.807, 2.05) is 36.4 Å². The topological polar surface area (TPSA) is 23.8 Å². The number of nitriles is 1. The van der Waals surface area contributed by atoms with E-state index in [1.165, 1.54) is 10.5 Å². The van der Waals surface area contributed by atoms with Gasteiger partial charge in [0.2, 0.25) is 0 Å². The van der Waals surface area contributed by atoms with Crippen LogP contribution in [-0.4, -0.2) is 0 Å². The molecule has 0 aliphatic rings. The molecule has 0 N–H and O–H groups in total. The number of nitrogens with zero attached hydrogens (tertiary/aromatic N) is 1. The van der Waals surface area contributed by atoms with Crippen molar-refractivity contribution in [3.05, 3.63) is 64.1 Å². The van der Waals surface area contributed by atoms with Crippen molar-refractivity contribution in [3.63, 3.8) is 0 Å². The van der Waals surface area contributed by atoms with Crippen molar-refractivity contribution in [2.24, 2.45) is 0 Å². The molecule has 3 heteroatoms. The third-order valence-electron chi connectivity index (χ3n) is 2.34. The van der Waals surface area contributed by atoms with Crippen LogP contribution in [0.5, 0.6) is 0 Å². The smallest absolute Gasteiger partial charge is 0.0991 e. The quantitative estimate of drug-likeness (QED) is 0.773. The molecule has 2 rings (SSSR count). The highest BCUT2D eigenvalue weighted by Crippen LogP contribution is 2.26. The van der Waals surface area contributed by atoms with Crippen molar-refractivity contribution in [3.8, 4) is 6.07 Å². The monoisotopic (exact) mass is 303 g/mol. The number of hydrogen-bond donors (Lipinski definition) is 0. The maximum atomic E-state index is 8.71. The zero-order valence-electron chi connectivity index (χ0n) is 9.06. The predicted octanol–water partition coefficient (Wildman–Crippen LogP) is 4.61. The molecule has 0 saturated heterocycles. The summed E-state index contributed by atoms with van der Waals surface area (Å²) in [5.74, 6) is 0.924.